The van der Waals surface area contributed by atoms with Crippen molar-refractivity contribution in [3.63, 3.8) is 0 Å². The topological polar surface area (TPSA) is 29.6 Å². The van der Waals surface area contributed by atoms with Gasteiger partial charge >= 0.3 is 0 Å². The zero-order valence-electron chi connectivity index (χ0n) is 7.83. The summed E-state index contributed by atoms with van der Waals surface area (Å²) in [5.41, 5.74) is 2.18. The van der Waals surface area contributed by atoms with Crippen molar-refractivity contribution in [2.45, 2.75) is 20.8 Å². The third-order valence-electron chi connectivity index (χ3n) is 1.49. The van der Waals surface area contributed by atoms with E-state index in [0.29, 0.717) is 0 Å². The predicted molar refractivity (Wildman–Crippen MR) is 52.4 cm³/mol. The van der Waals surface area contributed by atoms with Crippen molar-refractivity contribution in [3.8, 4) is 0 Å². The van der Waals surface area contributed by atoms with Crippen LogP contribution in [0.25, 0.3) is 0 Å². The molecule has 0 spiro atoms. The highest BCUT2D eigenvalue weighted by Gasteiger charge is 1.92. The number of aryl methyl sites for hydroxylation is 1. The molecule has 0 aliphatic heterocycles. The van der Waals surface area contributed by atoms with Gasteiger partial charge in [0, 0.05) is 23.8 Å². The van der Waals surface area contributed by atoms with E-state index in [-0.39, 0.29) is 0 Å². The molecule has 1 aromatic heterocycles. The molecule has 0 aliphatic rings. The van der Waals surface area contributed by atoms with Gasteiger partial charge in [-0.25, -0.2) is 0 Å². The van der Waals surface area contributed by atoms with Gasteiger partial charge < -0.3 is 4.57 Å². The smallest absolute Gasteiger partial charge is 0.210 e. The van der Waals surface area contributed by atoms with Gasteiger partial charge in [0.1, 0.15) is 0 Å². The summed E-state index contributed by atoms with van der Waals surface area (Å²) < 4.78 is 2.02. The minimum absolute atomic E-state index is 0.939. The lowest BCUT2D eigenvalue weighted by Gasteiger charge is -1.91. The van der Waals surface area contributed by atoms with Crippen molar-refractivity contribution < 1.29 is 0 Å². The van der Waals surface area contributed by atoms with E-state index in [4.69, 9.17) is 0 Å². The van der Waals surface area contributed by atoms with Crippen LogP contribution in [0.15, 0.2) is 15.6 Å². The Morgan fingerprint density at radius 3 is 2.58 bits per heavy atom. The van der Waals surface area contributed by atoms with E-state index < -0.39 is 0 Å². The summed E-state index contributed by atoms with van der Waals surface area (Å²) in [6.07, 6.45) is 0. The summed E-state index contributed by atoms with van der Waals surface area (Å²) in [5.74, 6) is 0. The Hall–Kier alpha value is -0.900. The molecule has 0 N–H and O–H groups in total. The summed E-state index contributed by atoms with van der Waals surface area (Å²) >= 11 is 1.61. The van der Waals surface area contributed by atoms with Crippen LogP contribution in [0, 0.1) is 6.92 Å². The van der Waals surface area contributed by atoms with Crippen LogP contribution < -0.4 is 4.80 Å². The molecule has 0 fully saturated rings. The molecule has 0 saturated carbocycles. The first-order chi connectivity index (χ1) is 5.61. The largest absolute Gasteiger partial charge is 0.323 e. The van der Waals surface area contributed by atoms with Crippen LogP contribution in [-0.2, 0) is 7.05 Å². The molecule has 0 unspecified atom stereocenters. The summed E-state index contributed by atoms with van der Waals surface area (Å²) in [6.45, 7) is 5.92. The van der Waals surface area contributed by atoms with Crippen molar-refractivity contribution >= 4 is 17.0 Å². The molecule has 12 heavy (non-hydrogen) atoms. The Kier molecular flexibility index (Phi) is 2.81. The molecule has 1 heterocycles. The maximum Gasteiger partial charge on any atom is 0.210 e. The molecule has 0 radical (unpaired) electrons. The van der Waals surface area contributed by atoms with E-state index in [1.165, 1.54) is 5.69 Å². The van der Waals surface area contributed by atoms with Gasteiger partial charge in [0.15, 0.2) is 0 Å². The maximum atomic E-state index is 4.10. The van der Waals surface area contributed by atoms with Crippen LogP contribution in [0.2, 0.25) is 0 Å². The SMILES string of the molecule is CC(C)=N/N=c1\scc(C)n1C. The second-order valence-electron chi connectivity index (χ2n) is 2.87. The zero-order valence-corrected chi connectivity index (χ0v) is 8.64. The first-order valence-corrected chi connectivity index (χ1v) is 4.65. The number of aromatic nitrogens is 1. The van der Waals surface area contributed by atoms with Crippen LogP contribution in [0.3, 0.4) is 0 Å². The molecule has 0 amide bonds. The van der Waals surface area contributed by atoms with Crippen molar-refractivity contribution in [1.29, 1.82) is 0 Å². The molecule has 0 saturated heterocycles. The second kappa shape index (κ2) is 3.67. The molecular weight excluding hydrogens is 170 g/mol. The van der Waals surface area contributed by atoms with Gasteiger partial charge in [-0.15, -0.1) is 16.4 Å². The van der Waals surface area contributed by atoms with E-state index in [1.54, 1.807) is 11.3 Å². The maximum absolute atomic E-state index is 4.10. The van der Waals surface area contributed by atoms with E-state index >= 15 is 0 Å². The molecule has 4 heteroatoms. The van der Waals surface area contributed by atoms with Crippen LogP contribution in [0.5, 0.6) is 0 Å². The van der Waals surface area contributed by atoms with E-state index in [2.05, 4.69) is 22.5 Å². The highest BCUT2D eigenvalue weighted by atomic mass is 32.1. The van der Waals surface area contributed by atoms with E-state index in [0.717, 1.165) is 10.5 Å². The predicted octanol–water partition coefficient (Wildman–Crippen LogP) is 1.69. The summed E-state index contributed by atoms with van der Waals surface area (Å²) in [6, 6.07) is 0. The lowest BCUT2D eigenvalue weighted by atomic mass is 10.5. The second-order valence-corrected chi connectivity index (χ2v) is 3.70. The van der Waals surface area contributed by atoms with Crippen LogP contribution in [0.1, 0.15) is 19.5 Å². The minimum atomic E-state index is 0.939. The first-order valence-electron chi connectivity index (χ1n) is 3.77. The number of thiazole rings is 1. The lowest BCUT2D eigenvalue weighted by Crippen LogP contribution is -2.10. The molecule has 0 aromatic carbocycles. The fourth-order valence-corrected chi connectivity index (χ4v) is 1.50. The third kappa shape index (κ3) is 2.04. The number of hydrogen-bond acceptors (Lipinski definition) is 3. The van der Waals surface area contributed by atoms with Crippen LogP contribution >= 0.6 is 11.3 Å². The highest BCUT2D eigenvalue weighted by Crippen LogP contribution is 1.96. The summed E-state index contributed by atoms with van der Waals surface area (Å²) in [5, 5.41) is 10.2. The Morgan fingerprint density at radius 1 is 1.50 bits per heavy atom. The molecule has 0 bridgehead atoms. The molecule has 66 valence electrons. The lowest BCUT2D eigenvalue weighted by molar-refractivity contribution is 0.820. The molecule has 0 atom stereocenters. The number of nitrogens with zero attached hydrogens (tertiary/aromatic N) is 3. The van der Waals surface area contributed by atoms with Crippen molar-refractivity contribution in [3.05, 3.63) is 15.9 Å². The van der Waals surface area contributed by atoms with Gasteiger partial charge in [0.05, 0.1) is 0 Å². The van der Waals surface area contributed by atoms with Crippen molar-refractivity contribution in [2.24, 2.45) is 17.3 Å². The molecule has 3 nitrogen and oxygen atoms in total. The van der Waals surface area contributed by atoms with Crippen LogP contribution in [-0.4, -0.2) is 10.3 Å². The fraction of sp³-hybridized carbons (Fsp3) is 0.500. The van der Waals surface area contributed by atoms with Gasteiger partial charge in [-0.3, -0.25) is 0 Å². The van der Waals surface area contributed by atoms with Crippen LogP contribution in [0.4, 0.5) is 0 Å². The minimum Gasteiger partial charge on any atom is -0.323 e. The summed E-state index contributed by atoms with van der Waals surface area (Å²) in [7, 11) is 1.99. The first kappa shape index (κ1) is 9.19. The number of rotatable bonds is 1. The fourth-order valence-electron chi connectivity index (χ4n) is 0.680. The van der Waals surface area contributed by atoms with Gasteiger partial charge in [0.25, 0.3) is 0 Å². The summed E-state index contributed by atoms with van der Waals surface area (Å²) in [4.78, 5) is 0.939. The quantitative estimate of drug-likeness (QED) is 0.468. The Balaban J connectivity index is 3.11. The van der Waals surface area contributed by atoms with Gasteiger partial charge in [-0.05, 0) is 20.8 Å². The van der Waals surface area contributed by atoms with E-state index in [9.17, 15) is 0 Å². The Morgan fingerprint density at radius 2 is 2.17 bits per heavy atom. The van der Waals surface area contributed by atoms with E-state index in [1.807, 2.05) is 25.5 Å². The molecular formula is C8H13N3S. The average molecular weight is 183 g/mol. The normalized spacial score (nSPS) is 11.8. The third-order valence-corrected chi connectivity index (χ3v) is 2.51. The molecule has 1 rings (SSSR count). The Bertz CT molecular complexity index is 353. The number of hydrogen-bond donors (Lipinski definition) is 0. The Labute approximate surface area is 76.1 Å². The van der Waals surface area contributed by atoms with Gasteiger partial charge in [0.2, 0.25) is 4.80 Å². The molecule has 1 aromatic rings. The van der Waals surface area contributed by atoms with Crippen molar-refractivity contribution in [1.82, 2.24) is 4.57 Å². The monoisotopic (exact) mass is 183 g/mol. The van der Waals surface area contributed by atoms with Gasteiger partial charge in [-0.2, -0.15) is 5.10 Å². The van der Waals surface area contributed by atoms with Crippen molar-refractivity contribution in [2.75, 3.05) is 0 Å². The molecule has 0 aliphatic carbocycles. The standard InChI is InChI=1S/C8H13N3S/c1-6(2)9-10-8-11(4)7(3)5-12-8/h5H,1-4H3/b10-8-. The highest BCUT2D eigenvalue weighted by molar-refractivity contribution is 7.07. The zero-order chi connectivity index (χ0) is 9.14. The van der Waals surface area contributed by atoms with Gasteiger partial charge in [-0.1, -0.05) is 0 Å². The average Bonchev–Trinajstić information content (AvgIpc) is 2.30.